The van der Waals surface area contributed by atoms with Crippen molar-refractivity contribution in [3.8, 4) is 0 Å². The summed E-state index contributed by atoms with van der Waals surface area (Å²) in [6.07, 6.45) is 1.36. The van der Waals surface area contributed by atoms with Crippen molar-refractivity contribution in [2.45, 2.75) is 65.1 Å². The Balaban J connectivity index is 2.39. The molecule has 2 rings (SSSR count). The number of rotatable bonds is 3. The molecule has 11 nitrogen and oxygen atoms in total. The summed E-state index contributed by atoms with van der Waals surface area (Å²) in [5, 5.41) is 10.8. The number of fused-ring (bicyclic) bond motifs is 2. The molecule has 0 saturated heterocycles. The third-order valence-electron chi connectivity index (χ3n) is 5.71. The number of methoxy groups -OCH3 is 1. The highest BCUT2D eigenvalue weighted by Crippen LogP contribution is 2.10. The zero-order valence-electron chi connectivity index (χ0n) is 20.8. The van der Waals surface area contributed by atoms with E-state index in [1.165, 1.54) is 25.3 Å². The Morgan fingerprint density at radius 1 is 0.886 bits per heavy atom. The van der Waals surface area contributed by atoms with Gasteiger partial charge in [-0.25, -0.2) is 9.78 Å². The van der Waals surface area contributed by atoms with Crippen molar-refractivity contribution in [1.82, 2.24) is 26.3 Å². The summed E-state index contributed by atoms with van der Waals surface area (Å²) in [5.74, 6) is -3.20. The lowest BCUT2D eigenvalue weighted by molar-refractivity contribution is -0.145. The summed E-state index contributed by atoms with van der Waals surface area (Å²) in [5.41, 5.74) is -0.0965. The smallest absolute Gasteiger partial charge is 0.328 e. The second kappa shape index (κ2) is 12.8. The number of ether oxygens (including phenoxy) is 1. The lowest BCUT2D eigenvalue weighted by atomic mass is 10.0. The molecule has 3 unspecified atom stereocenters. The molecule has 0 fully saturated rings. The minimum atomic E-state index is -0.947. The molecule has 2 bridgehead atoms. The van der Waals surface area contributed by atoms with E-state index in [1.54, 1.807) is 13.8 Å². The van der Waals surface area contributed by atoms with Crippen molar-refractivity contribution in [2.75, 3.05) is 13.7 Å². The van der Waals surface area contributed by atoms with Crippen LogP contribution in [0.3, 0.4) is 0 Å². The average Bonchev–Trinajstić information content (AvgIpc) is 2.82. The Hall–Kier alpha value is -3.50. The largest absolute Gasteiger partial charge is 0.467 e. The van der Waals surface area contributed by atoms with Crippen LogP contribution in [0, 0.1) is 11.8 Å². The Morgan fingerprint density at radius 3 is 1.94 bits per heavy atom. The van der Waals surface area contributed by atoms with E-state index in [4.69, 9.17) is 4.74 Å². The minimum absolute atomic E-state index is 0.0338. The number of hydrogen-bond donors (Lipinski definition) is 4. The van der Waals surface area contributed by atoms with Crippen LogP contribution < -0.4 is 21.3 Å². The lowest BCUT2D eigenvalue weighted by Crippen LogP contribution is -2.54. The maximum absolute atomic E-state index is 13.0. The van der Waals surface area contributed by atoms with Crippen LogP contribution in [-0.2, 0) is 19.1 Å². The van der Waals surface area contributed by atoms with Crippen LogP contribution in [-0.4, -0.2) is 66.4 Å². The highest BCUT2D eigenvalue weighted by Gasteiger charge is 2.30. The highest BCUT2D eigenvalue weighted by molar-refractivity contribution is 6.00. The Bertz CT molecular complexity index is 948. The Morgan fingerprint density at radius 2 is 1.43 bits per heavy atom. The van der Waals surface area contributed by atoms with E-state index in [9.17, 15) is 24.0 Å². The minimum Gasteiger partial charge on any atom is -0.467 e. The Labute approximate surface area is 205 Å². The van der Waals surface area contributed by atoms with Gasteiger partial charge < -0.3 is 26.0 Å². The van der Waals surface area contributed by atoms with Crippen LogP contribution in [0.15, 0.2) is 18.2 Å². The van der Waals surface area contributed by atoms with Crippen LogP contribution in [0.1, 0.15) is 67.9 Å². The summed E-state index contributed by atoms with van der Waals surface area (Å²) in [7, 11) is 1.24. The molecule has 1 aromatic heterocycles. The van der Waals surface area contributed by atoms with Gasteiger partial charge in [0.2, 0.25) is 11.8 Å². The van der Waals surface area contributed by atoms with Gasteiger partial charge in [-0.3, -0.25) is 19.2 Å². The normalized spacial score (nSPS) is 22.9. The SMILES string of the molecule is COC(=O)C1CCCCNC(=O)C(C(C)C)NC(=O)c2cccc(n2)C(=O)NC(C(C)C)C(=O)N1. The third kappa shape index (κ3) is 7.76. The quantitative estimate of drug-likeness (QED) is 0.452. The number of carbonyl (C=O) groups excluding carboxylic acids is 5. The molecule has 4 N–H and O–H groups in total. The van der Waals surface area contributed by atoms with Gasteiger partial charge in [-0.15, -0.1) is 0 Å². The van der Waals surface area contributed by atoms with Crippen LogP contribution in [0.2, 0.25) is 0 Å². The summed E-state index contributed by atoms with van der Waals surface area (Å²) in [6.45, 7) is 7.47. The number of nitrogens with one attached hydrogen (secondary N) is 4. The number of amides is 4. The molecule has 3 atom stereocenters. The number of pyridine rings is 1. The van der Waals surface area contributed by atoms with Gasteiger partial charge in [0.25, 0.3) is 11.8 Å². The molecule has 1 aliphatic heterocycles. The predicted octanol–water partition coefficient (Wildman–Crippen LogP) is 0.548. The Kier molecular flexibility index (Phi) is 10.2. The van der Waals surface area contributed by atoms with Crippen molar-refractivity contribution in [2.24, 2.45) is 11.8 Å². The zero-order chi connectivity index (χ0) is 26.1. The van der Waals surface area contributed by atoms with E-state index in [0.717, 1.165) is 0 Å². The molecule has 1 aliphatic rings. The van der Waals surface area contributed by atoms with Crippen molar-refractivity contribution < 1.29 is 28.7 Å². The fraction of sp³-hybridized carbons (Fsp3) is 0.583. The zero-order valence-corrected chi connectivity index (χ0v) is 20.8. The van der Waals surface area contributed by atoms with Crippen molar-refractivity contribution in [3.63, 3.8) is 0 Å². The topological polar surface area (TPSA) is 156 Å². The average molecular weight is 490 g/mol. The van der Waals surface area contributed by atoms with Gasteiger partial charge >= 0.3 is 5.97 Å². The molecule has 0 radical (unpaired) electrons. The van der Waals surface area contributed by atoms with Gasteiger partial charge in [0, 0.05) is 6.54 Å². The number of nitrogens with zero attached hydrogens (tertiary/aromatic N) is 1. The fourth-order valence-electron chi connectivity index (χ4n) is 3.64. The number of esters is 1. The second-order valence-corrected chi connectivity index (χ2v) is 9.17. The summed E-state index contributed by atoms with van der Waals surface area (Å²) >= 11 is 0. The molecule has 4 amide bonds. The maximum Gasteiger partial charge on any atom is 0.328 e. The summed E-state index contributed by atoms with van der Waals surface area (Å²) < 4.78 is 4.83. The van der Waals surface area contributed by atoms with Crippen LogP contribution in [0.5, 0.6) is 0 Å². The van der Waals surface area contributed by atoms with E-state index in [2.05, 4.69) is 26.3 Å². The predicted molar refractivity (Wildman–Crippen MR) is 127 cm³/mol. The van der Waals surface area contributed by atoms with Gasteiger partial charge in [-0.2, -0.15) is 0 Å². The molecule has 192 valence electrons. The maximum atomic E-state index is 13.0. The van der Waals surface area contributed by atoms with Crippen molar-refractivity contribution in [1.29, 1.82) is 0 Å². The van der Waals surface area contributed by atoms with Gasteiger partial charge in [0.15, 0.2) is 0 Å². The molecule has 2 heterocycles. The van der Waals surface area contributed by atoms with E-state index in [-0.39, 0.29) is 29.1 Å². The summed E-state index contributed by atoms with van der Waals surface area (Å²) in [6, 6.07) is 1.71. The number of carbonyl (C=O) groups is 5. The second-order valence-electron chi connectivity index (χ2n) is 9.17. The van der Waals surface area contributed by atoms with Gasteiger partial charge in [-0.1, -0.05) is 33.8 Å². The summed E-state index contributed by atoms with van der Waals surface area (Å²) in [4.78, 5) is 67.7. The first-order valence-electron chi connectivity index (χ1n) is 11.8. The molecule has 0 aromatic carbocycles. The van der Waals surface area contributed by atoms with E-state index in [1.807, 2.05) is 13.8 Å². The molecule has 11 heteroatoms. The number of hydrogen-bond acceptors (Lipinski definition) is 7. The van der Waals surface area contributed by atoms with Crippen LogP contribution >= 0.6 is 0 Å². The standard InChI is InChI=1S/C24H35N5O6/c1-13(2)18-22(32)25-12-7-6-9-17(24(34)35-5)27-23(33)19(14(3)4)29-21(31)16-11-8-10-15(26-16)20(30)28-18/h8,10-11,13-14,17-19H,6-7,9,12H2,1-5H3,(H,25,32)(H,27,33)(H,28,30)(H,29,31). The van der Waals surface area contributed by atoms with Crippen LogP contribution in [0.25, 0.3) is 0 Å². The van der Waals surface area contributed by atoms with Gasteiger partial charge in [0.05, 0.1) is 7.11 Å². The molecular weight excluding hydrogens is 454 g/mol. The lowest BCUT2D eigenvalue weighted by Gasteiger charge is -2.25. The van der Waals surface area contributed by atoms with E-state index >= 15 is 0 Å². The molecule has 0 saturated carbocycles. The van der Waals surface area contributed by atoms with Gasteiger partial charge in [-0.05, 0) is 43.2 Å². The monoisotopic (exact) mass is 489 g/mol. The number of aromatic nitrogens is 1. The van der Waals surface area contributed by atoms with E-state index in [0.29, 0.717) is 25.8 Å². The van der Waals surface area contributed by atoms with Crippen molar-refractivity contribution >= 4 is 29.6 Å². The molecule has 1 aromatic rings. The molecular formula is C24H35N5O6. The van der Waals surface area contributed by atoms with E-state index < -0.39 is 41.8 Å². The van der Waals surface area contributed by atoms with Crippen LogP contribution in [0.4, 0.5) is 0 Å². The first-order valence-corrected chi connectivity index (χ1v) is 11.8. The highest BCUT2D eigenvalue weighted by atomic mass is 16.5. The molecule has 0 aliphatic carbocycles. The third-order valence-corrected chi connectivity index (χ3v) is 5.71. The fourth-order valence-corrected chi connectivity index (χ4v) is 3.64. The first-order chi connectivity index (χ1) is 16.5. The molecule has 0 spiro atoms. The van der Waals surface area contributed by atoms with Gasteiger partial charge in [0.1, 0.15) is 29.5 Å². The first kappa shape index (κ1) is 27.7. The molecule has 35 heavy (non-hydrogen) atoms. The van der Waals surface area contributed by atoms with Crippen molar-refractivity contribution in [3.05, 3.63) is 29.6 Å².